The van der Waals surface area contributed by atoms with Gasteiger partial charge < -0.3 is 15.1 Å². The molecular formula is C32H35F3N6. The molecule has 9 heteroatoms. The molecule has 5 rings (SSSR count). The lowest BCUT2D eigenvalue weighted by Gasteiger charge is -2.40. The number of alkyl halides is 3. The standard InChI is InChI=1S/C32H35F3N6/c1-22(2)40-17-13-29(14-18-40)41(21-24-5-4-6-27(20-24)38-28-11-15-36-23(3)19-28)31-37-16-12-30(39-31)25-7-9-26(10-8-25)32(33,34)35/h4-12,15-16,19-20,22,29H,13-14,17-18,21H2,1-3H3,(H,36,38). The first-order valence-corrected chi connectivity index (χ1v) is 14.0. The number of aromatic nitrogens is 3. The topological polar surface area (TPSA) is 57.2 Å². The van der Waals surface area contributed by atoms with Gasteiger partial charge in [0.15, 0.2) is 0 Å². The first-order chi connectivity index (χ1) is 19.7. The van der Waals surface area contributed by atoms with Crippen molar-refractivity contribution in [1.29, 1.82) is 0 Å². The first kappa shape index (κ1) is 28.5. The van der Waals surface area contributed by atoms with Gasteiger partial charge in [-0.25, -0.2) is 9.97 Å². The third kappa shape index (κ3) is 7.21. The summed E-state index contributed by atoms with van der Waals surface area (Å²) in [5.41, 5.74) is 4.53. The van der Waals surface area contributed by atoms with Crippen molar-refractivity contribution in [2.75, 3.05) is 23.3 Å². The van der Waals surface area contributed by atoms with Crippen molar-refractivity contribution in [3.8, 4) is 11.3 Å². The predicted molar refractivity (Wildman–Crippen MR) is 157 cm³/mol. The molecule has 1 N–H and O–H groups in total. The Morgan fingerprint density at radius 2 is 1.63 bits per heavy atom. The van der Waals surface area contributed by atoms with Crippen LogP contribution < -0.4 is 10.2 Å². The van der Waals surface area contributed by atoms with Gasteiger partial charge in [-0.2, -0.15) is 13.2 Å². The van der Waals surface area contributed by atoms with E-state index in [0.29, 0.717) is 29.8 Å². The smallest absolute Gasteiger partial charge is 0.355 e. The number of halogens is 3. The molecule has 0 radical (unpaired) electrons. The van der Waals surface area contributed by atoms with Crippen LogP contribution in [0.5, 0.6) is 0 Å². The molecule has 0 amide bonds. The molecular weight excluding hydrogens is 525 g/mol. The second-order valence-corrected chi connectivity index (χ2v) is 10.8. The van der Waals surface area contributed by atoms with Crippen LogP contribution in [0, 0.1) is 6.92 Å². The Bertz CT molecular complexity index is 1450. The van der Waals surface area contributed by atoms with E-state index in [0.717, 1.165) is 60.7 Å². The average Bonchev–Trinajstić information content (AvgIpc) is 2.96. The molecule has 0 bridgehead atoms. The van der Waals surface area contributed by atoms with Crippen LogP contribution in [0.3, 0.4) is 0 Å². The van der Waals surface area contributed by atoms with E-state index in [-0.39, 0.29) is 6.04 Å². The lowest BCUT2D eigenvalue weighted by atomic mass is 10.0. The Kier molecular flexibility index (Phi) is 8.54. The summed E-state index contributed by atoms with van der Waals surface area (Å²) in [6, 6.07) is 19.8. The Morgan fingerprint density at radius 1 is 0.927 bits per heavy atom. The van der Waals surface area contributed by atoms with Gasteiger partial charge in [0, 0.05) is 66.7 Å². The van der Waals surface area contributed by atoms with E-state index in [9.17, 15) is 13.2 Å². The fourth-order valence-electron chi connectivity index (χ4n) is 5.29. The van der Waals surface area contributed by atoms with Crippen molar-refractivity contribution in [3.63, 3.8) is 0 Å². The van der Waals surface area contributed by atoms with Crippen LogP contribution in [-0.2, 0) is 12.7 Å². The van der Waals surface area contributed by atoms with Crippen LogP contribution in [0.25, 0.3) is 11.3 Å². The number of piperidine rings is 1. The number of hydrogen-bond donors (Lipinski definition) is 1. The van der Waals surface area contributed by atoms with Crippen molar-refractivity contribution in [1.82, 2.24) is 19.9 Å². The summed E-state index contributed by atoms with van der Waals surface area (Å²) < 4.78 is 39.3. The van der Waals surface area contributed by atoms with Gasteiger partial charge in [0.25, 0.3) is 0 Å². The number of anilines is 3. The normalized spacial score (nSPS) is 14.8. The summed E-state index contributed by atoms with van der Waals surface area (Å²) in [6.07, 6.45) is 1.04. The van der Waals surface area contributed by atoms with E-state index < -0.39 is 11.7 Å². The van der Waals surface area contributed by atoms with Gasteiger partial charge in [0.05, 0.1) is 11.3 Å². The van der Waals surface area contributed by atoms with Crippen molar-refractivity contribution in [2.24, 2.45) is 0 Å². The number of nitrogens with one attached hydrogen (secondary N) is 1. The quantitative estimate of drug-likeness (QED) is 0.241. The summed E-state index contributed by atoms with van der Waals surface area (Å²) in [5.74, 6) is 0.577. The third-order valence-electron chi connectivity index (χ3n) is 7.54. The molecule has 1 aliphatic rings. The Balaban J connectivity index is 1.42. The maximum absolute atomic E-state index is 13.1. The van der Waals surface area contributed by atoms with Crippen LogP contribution in [0.4, 0.5) is 30.5 Å². The van der Waals surface area contributed by atoms with Gasteiger partial charge in [0.2, 0.25) is 5.95 Å². The fraction of sp³-hybridized carbons (Fsp3) is 0.344. The molecule has 4 aromatic rings. The minimum atomic E-state index is -4.38. The zero-order chi connectivity index (χ0) is 29.0. The van der Waals surface area contributed by atoms with Gasteiger partial charge >= 0.3 is 6.18 Å². The highest BCUT2D eigenvalue weighted by atomic mass is 19.4. The van der Waals surface area contributed by atoms with E-state index in [1.54, 1.807) is 18.5 Å². The fourth-order valence-corrected chi connectivity index (χ4v) is 5.29. The lowest BCUT2D eigenvalue weighted by Crippen LogP contribution is -2.47. The van der Waals surface area contributed by atoms with Gasteiger partial charge in [-0.15, -0.1) is 0 Å². The number of benzene rings is 2. The number of nitrogens with zero attached hydrogens (tertiary/aromatic N) is 5. The van der Waals surface area contributed by atoms with Gasteiger partial charge in [-0.1, -0.05) is 24.3 Å². The number of hydrogen-bond acceptors (Lipinski definition) is 6. The zero-order valence-corrected chi connectivity index (χ0v) is 23.6. The average molecular weight is 561 g/mol. The highest BCUT2D eigenvalue weighted by Crippen LogP contribution is 2.32. The van der Waals surface area contributed by atoms with Crippen LogP contribution in [0.2, 0.25) is 0 Å². The molecule has 6 nitrogen and oxygen atoms in total. The molecule has 0 spiro atoms. The van der Waals surface area contributed by atoms with Crippen LogP contribution >= 0.6 is 0 Å². The summed E-state index contributed by atoms with van der Waals surface area (Å²) in [4.78, 5) is 18.5. The maximum atomic E-state index is 13.1. The number of aryl methyl sites for hydroxylation is 1. The van der Waals surface area contributed by atoms with E-state index >= 15 is 0 Å². The highest BCUT2D eigenvalue weighted by molar-refractivity contribution is 5.62. The molecule has 1 aliphatic heterocycles. The number of rotatable bonds is 8. The molecule has 214 valence electrons. The number of pyridine rings is 1. The van der Waals surface area contributed by atoms with Crippen LogP contribution in [0.15, 0.2) is 79.1 Å². The SMILES string of the molecule is Cc1cc(Nc2cccc(CN(c3nccc(-c4ccc(C(F)(F)F)cc4)n3)C3CCN(C(C)C)CC3)c2)ccn1. The van der Waals surface area contributed by atoms with Gasteiger partial charge in [0.1, 0.15) is 0 Å². The largest absolute Gasteiger partial charge is 0.416 e. The van der Waals surface area contributed by atoms with Crippen molar-refractivity contribution >= 4 is 17.3 Å². The molecule has 2 aromatic heterocycles. The second kappa shape index (κ2) is 12.3. The van der Waals surface area contributed by atoms with Gasteiger partial charge in [-0.05, 0) is 81.6 Å². The van der Waals surface area contributed by atoms with E-state index in [1.807, 2.05) is 31.2 Å². The predicted octanol–water partition coefficient (Wildman–Crippen LogP) is 7.49. The van der Waals surface area contributed by atoms with E-state index in [4.69, 9.17) is 4.98 Å². The molecule has 0 saturated carbocycles. The van der Waals surface area contributed by atoms with Crippen LogP contribution in [0.1, 0.15) is 43.5 Å². The molecule has 0 atom stereocenters. The summed E-state index contributed by atoms with van der Waals surface area (Å²) >= 11 is 0. The minimum absolute atomic E-state index is 0.229. The maximum Gasteiger partial charge on any atom is 0.416 e. The molecule has 2 aromatic carbocycles. The number of likely N-dealkylation sites (tertiary alicyclic amines) is 1. The van der Waals surface area contributed by atoms with Crippen molar-refractivity contribution in [3.05, 3.63) is 95.9 Å². The monoisotopic (exact) mass is 560 g/mol. The first-order valence-electron chi connectivity index (χ1n) is 14.0. The summed E-state index contributed by atoms with van der Waals surface area (Å²) in [5, 5.41) is 3.47. The Labute approximate surface area is 239 Å². The summed E-state index contributed by atoms with van der Waals surface area (Å²) in [6.45, 7) is 8.98. The molecule has 1 saturated heterocycles. The highest BCUT2D eigenvalue weighted by Gasteiger charge is 2.30. The Morgan fingerprint density at radius 3 is 2.32 bits per heavy atom. The van der Waals surface area contributed by atoms with Gasteiger partial charge in [-0.3, -0.25) is 4.98 Å². The lowest BCUT2D eigenvalue weighted by molar-refractivity contribution is -0.137. The molecule has 0 aliphatic carbocycles. The second-order valence-electron chi connectivity index (χ2n) is 10.8. The third-order valence-corrected chi connectivity index (χ3v) is 7.54. The molecule has 3 heterocycles. The summed E-state index contributed by atoms with van der Waals surface area (Å²) in [7, 11) is 0. The Hall–Kier alpha value is -3.98. The molecule has 1 fully saturated rings. The molecule has 0 unspecified atom stereocenters. The zero-order valence-electron chi connectivity index (χ0n) is 23.6. The van der Waals surface area contributed by atoms with Crippen molar-refractivity contribution in [2.45, 2.75) is 58.4 Å². The van der Waals surface area contributed by atoms with E-state index in [2.05, 4.69) is 51.1 Å². The molecule has 41 heavy (non-hydrogen) atoms. The minimum Gasteiger partial charge on any atom is -0.355 e. The van der Waals surface area contributed by atoms with Crippen molar-refractivity contribution < 1.29 is 13.2 Å². The van der Waals surface area contributed by atoms with E-state index in [1.165, 1.54) is 12.1 Å². The van der Waals surface area contributed by atoms with Crippen LogP contribution in [-0.4, -0.2) is 45.0 Å².